The third-order valence-corrected chi connectivity index (χ3v) is 5.76. The largest absolute Gasteiger partial charge is 0.497 e. The van der Waals surface area contributed by atoms with Crippen LogP contribution in [0.15, 0.2) is 65.8 Å². The molecule has 0 spiro atoms. The van der Waals surface area contributed by atoms with E-state index >= 15 is 0 Å². The average molecular weight is 452 g/mol. The molecule has 4 rings (SSSR count). The first kappa shape index (κ1) is 20.8. The van der Waals surface area contributed by atoms with Crippen molar-refractivity contribution in [2.24, 2.45) is 5.10 Å². The van der Waals surface area contributed by atoms with E-state index in [9.17, 15) is 4.79 Å². The normalized spacial score (nSPS) is 11.1. The van der Waals surface area contributed by atoms with Crippen LogP contribution in [0.4, 0.5) is 0 Å². The Hall–Kier alpha value is -3.42. The highest BCUT2D eigenvalue weighted by molar-refractivity contribution is 7.17. The van der Waals surface area contributed by atoms with E-state index < -0.39 is 0 Å². The number of nitrogens with zero attached hydrogens (tertiary/aromatic N) is 2. The van der Waals surface area contributed by atoms with Crippen LogP contribution in [-0.2, 0) is 0 Å². The minimum atomic E-state index is -0.341. The van der Waals surface area contributed by atoms with Gasteiger partial charge in [-0.2, -0.15) is 5.10 Å². The number of aromatic nitrogens is 1. The van der Waals surface area contributed by atoms with Crippen LogP contribution in [0.25, 0.3) is 22.2 Å². The summed E-state index contributed by atoms with van der Waals surface area (Å²) in [6.07, 6.45) is 1.56. The van der Waals surface area contributed by atoms with Gasteiger partial charge in [-0.3, -0.25) is 4.79 Å². The molecule has 0 unspecified atom stereocenters. The third-order valence-electron chi connectivity index (χ3n) is 4.60. The van der Waals surface area contributed by atoms with Crippen LogP contribution in [0.1, 0.15) is 15.2 Å². The smallest absolute Gasteiger partial charge is 0.272 e. The van der Waals surface area contributed by atoms with Crippen LogP contribution in [0, 0.1) is 0 Å². The molecule has 8 heteroatoms. The number of hydrazone groups is 1. The molecule has 1 amide bonds. The van der Waals surface area contributed by atoms with Gasteiger partial charge in [0, 0.05) is 21.9 Å². The van der Waals surface area contributed by atoms with E-state index in [1.165, 1.54) is 11.3 Å². The Morgan fingerprint density at radius 3 is 2.68 bits per heavy atom. The van der Waals surface area contributed by atoms with Crippen LogP contribution in [-0.4, -0.2) is 31.3 Å². The van der Waals surface area contributed by atoms with Gasteiger partial charge in [0.25, 0.3) is 5.91 Å². The molecule has 0 aliphatic carbocycles. The number of nitrogens with one attached hydrogen (secondary N) is 1. The molecule has 0 aliphatic rings. The number of carbonyl (C=O) groups is 1. The second-order valence-corrected chi connectivity index (χ2v) is 8.23. The number of halogens is 1. The SMILES string of the molecule is COc1ccc(-c2cc(C(=O)NN=Cc3ccc(Cl)s3)c3ccccc3n2)c(OC)c1. The summed E-state index contributed by atoms with van der Waals surface area (Å²) in [6, 6.07) is 18.3. The first-order chi connectivity index (χ1) is 15.1. The summed E-state index contributed by atoms with van der Waals surface area (Å²) in [7, 11) is 3.17. The van der Waals surface area contributed by atoms with Crippen molar-refractivity contribution >= 4 is 46.0 Å². The number of benzene rings is 2. The van der Waals surface area contributed by atoms with Crippen molar-refractivity contribution in [3.63, 3.8) is 0 Å². The minimum absolute atomic E-state index is 0.341. The standard InChI is InChI=1S/C23H18ClN3O3S/c1-29-14-7-9-17(21(11-14)30-2)20-12-18(16-5-3-4-6-19(16)26-20)23(28)27-25-13-15-8-10-22(24)31-15/h3-13H,1-2H3,(H,27,28). The molecular formula is C23H18ClN3O3S. The number of hydrogen-bond donors (Lipinski definition) is 1. The van der Waals surface area contributed by atoms with Crippen molar-refractivity contribution in [1.82, 2.24) is 10.4 Å². The van der Waals surface area contributed by atoms with Crippen molar-refractivity contribution < 1.29 is 14.3 Å². The van der Waals surface area contributed by atoms with Gasteiger partial charge in [0.15, 0.2) is 0 Å². The van der Waals surface area contributed by atoms with Crippen molar-refractivity contribution in [3.05, 3.63) is 75.4 Å². The fourth-order valence-electron chi connectivity index (χ4n) is 3.12. The molecule has 156 valence electrons. The Morgan fingerprint density at radius 1 is 1.10 bits per heavy atom. The molecule has 2 aromatic carbocycles. The summed E-state index contributed by atoms with van der Waals surface area (Å²) in [5, 5.41) is 4.79. The molecule has 0 radical (unpaired) electrons. The summed E-state index contributed by atoms with van der Waals surface area (Å²) < 4.78 is 11.4. The first-order valence-corrected chi connectivity index (χ1v) is 10.5. The van der Waals surface area contributed by atoms with Crippen molar-refractivity contribution in [2.75, 3.05) is 14.2 Å². The highest BCUT2D eigenvalue weighted by Crippen LogP contribution is 2.34. The molecule has 2 heterocycles. The zero-order valence-electron chi connectivity index (χ0n) is 16.8. The number of ether oxygens (including phenoxy) is 2. The van der Waals surface area contributed by atoms with Crippen LogP contribution in [0.3, 0.4) is 0 Å². The summed E-state index contributed by atoms with van der Waals surface area (Å²) in [5.74, 6) is 0.926. The molecule has 31 heavy (non-hydrogen) atoms. The maximum absolute atomic E-state index is 13.0. The molecule has 2 aromatic heterocycles. The van der Waals surface area contributed by atoms with Crippen LogP contribution in [0.2, 0.25) is 4.34 Å². The zero-order valence-corrected chi connectivity index (χ0v) is 18.3. The molecule has 1 N–H and O–H groups in total. The van der Waals surface area contributed by atoms with Gasteiger partial charge in [0.1, 0.15) is 11.5 Å². The molecular weight excluding hydrogens is 434 g/mol. The molecule has 0 saturated carbocycles. The summed E-state index contributed by atoms with van der Waals surface area (Å²) in [5.41, 5.74) is 5.10. The number of amides is 1. The van der Waals surface area contributed by atoms with E-state index in [-0.39, 0.29) is 5.91 Å². The molecule has 0 fully saturated rings. The number of methoxy groups -OCH3 is 2. The Kier molecular flexibility index (Phi) is 6.16. The average Bonchev–Trinajstić information content (AvgIpc) is 3.22. The molecule has 4 aromatic rings. The zero-order chi connectivity index (χ0) is 21.8. The predicted octanol–water partition coefficient (Wildman–Crippen LogP) is 5.40. The minimum Gasteiger partial charge on any atom is -0.497 e. The molecule has 0 atom stereocenters. The predicted molar refractivity (Wildman–Crippen MR) is 125 cm³/mol. The fraction of sp³-hybridized carbons (Fsp3) is 0.0870. The second-order valence-electron chi connectivity index (χ2n) is 6.48. The monoisotopic (exact) mass is 451 g/mol. The van der Waals surface area contributed by atoms with E-state index in [4.69, 9.17) is 26.1 Å². The Labute approximate surface area is 188 Å². The second kappa shape index (κ2) is 9.16. The van der Waals surface area contributed by atoms with Gasteiger partial charge >= 0.3 is 0 Å². The number of thiophene rings is 1. The van der Waals surface area contributed by atoms with Crippen molar-refractivity contribution in [3.8, 4) is 22.8 Å². The van der Waals surface area contributed by atoms with Crippen LogP contribution >= 0.6 is 22.9 Å². The lowest BCUT2D eigenvalue weighted by Crippen LogP contribution is -2.18. The van der Waals surface area contributed by atoms with Gasteiger partial charge in [-0.15, -0.1) is 11.3 Å². The quantitative estimate of drug-likeness (QED) is 0.315. The molecule has 0 aliphatic heterocycles. The van der Waals surface area contributed by atoms with Gasteiger partial charge in [0.2, 0.25) is 0 Å². The number of rotatable bonds is 6. The Balaban J connectivity index is 1.73. The highest BCUT2D eigenvalue weighted by Gasteiger charge is 2.16. The highest BCUT2D eigenvalue weighted by atomic mass is 35.5. The van der Waals surface area contributed by atoms with E-state index in [1.54, 1.807) is 38.6 Å². The lowest BCUT2D eigenvalue weighted by Gasteiger charge is -2.12. The number of fused-ring (bicyclic) bond motifs is 1. The number of hydrogen-bond acceptors (Lipinski definition) is 6. The van der Waals surface area contributed by atoms with Crippen LogP contribution < -0.4 is 14.9 Å². The Bertz CT molecular complexity index is 1290. The van der Waals surface area contributed by atoms with Crippen LogP contribution in [0.5, 0.6) is 11.5 Å². The lowest BCUT2D eigenvalue weighted by atomic mass is 10.0. The summed E-state index contributed by atoms with van der Waals surface area (Å²) >= 11 is 7.30. The van der Waals surface area contributed by atoms with Gasteiger partial charge in [-0.25, -0.2) is 10.4 Å². The molecule has 0 saturated heterocycles. The van der Waals surface area contributed by atoms with E-state index in [0.717, 1.165) is 15.8 Å². The fourth-order valence-corrected chi connectivity index (χ4v) is 4.06. The van der Waals surface area contributed by atoms with Gasteiger partial charge < -0.3 is 9.47 Å². The maximum atomic E-state index is 13.0. The maximum Gasteiger partial charge on any atom is 0.272 e. The summed E-state index contributed by atoms with van der Waals surface area (Å²) in [6.45, 7) is 0. The van der Waals surface area contributed by atoms with Crippen molar-refractivity contribution in [1.29, 1.82) is 0 Å². The van der Waals surface area contributed by atoms with E-state index in [1.807, 2.05) is 42.5 Å². The van der Waals surface area contributed by atoms with Crippen molar-refractivity contribution in [2.45, 2.75) is 0 Å². The number of pyridine rings is 1. The molecule has 6 nitrogen and oxygen atoms in total. The topological polar surface area (TPSA) is 72.8 Å². The van der Waals surface area contributed by atoms with E-state index in [2.05, 4.69) is 10.5 Å². The van der Waals surface area contributed by atoms with E-state index in [0.29, 0.717) is 32.6 Å². The lowest BCUT2D eigenvalue weighted by molar-refractivity contribution is 0.0956. The Morgan fingerprint density at radius 2 is 1.94 bits per heavy atom. The third kappa shape index (κ3) is 4.52. The van der Waals surface area contributed by atoms with Gasteiger partial charge in [-0.05, 0) is 36.4 Å². The number of para-hydroxylation sites is 1. The summed E-state index contributed by atoms with van der Waals surface area (Å²) in [4.78, 5) is 18.5. The molecule has 0 bridgehead atoms. The first-order valence-electron chi connectivity index (χ1n) is 9.30. The van der Waals surface area contributed by atoms with Gasteiger partial charge in [-0.1, -0.05) is 29.8 Å². The van der Waals surface area contributed by atoms with Gasteiger partial charge in [0.05, 0.1) is 41.5 Å². The number of carbonyl (C=O) groups excluding carboxylic acids is 1.